The minimum Gasteiger partial charge on any atom is -0.459 e. The average molecular weight is 567 g/mol. The zero-order chi connectivity index (χ0) is 29.8. The number of carbonyl (C=O) groups excluding carboxylic acids is 1. The van der Waals surface area contributed by atoms with Crippen LogP contribution in [0.25, 0.3) is 22.3 Å². The van der Waals surface area contributed by atoms with Gasteiger partial charge in [0.2, 0.25) is 0 Å². The van der Waals surface area contributed by atoms with Crippen molar-refractivity contribution in [1.29, 1.82) is 0 Å². The van der Waals surface area contributed by atoms with Crippen molar-refractivity contribution in [2.45, 2.75) is 58.5 Å². The molecule has 42 heavy (non-hydrogen) atoms. The molecule has 1 fully saturated rings. The van der Waals surface area contributed by atoms with Crippen molar-refractivity contribution >= 4 is 17.2 Å². The number of rotatable bonds is 5. The highest BCUT2D eigenvalue weighted by Crippen LogP contribution is 2.51. The molecule has 1 unspecified atom stereocenters. The van der Waals surface area contributed by atoms with Gasteiger partial charge in [-0.05, 0) is 86.4 Å². The van der Waals surface area contributed by atoms with Crippen LogP contribution in [0.4, 0.5) is 0 Å². The Morgan fingerprint density at radius 1 is 1.17 bits per heavy atom. The number of esters is 1. The normalized spacial score (nSPS) is 22.5. The molecule has 3 aromatic heterocycles. The Labute approximate surface area is 245 Å². The molecule has 4 aromatic rings. The number of fused-ring (bicyclic) bond motifs is 1. The molecule has 0 amide bonds. The average Bonchev–Trinajstić information content (AvgIpc) is 3.36. The summed E-state index contributed by atoms with van der Waals surface area (Å²) in [5.74, 6) is 0.873. The van der Waals surface area contributed by atoms with Gasteiger partial charge in [0.05, 0.1) is 16.9 Å². The number of nitrogens with one attached hydrogen (secondary N) is 1. The summed E-state index contributed by atoms with van der Waals surface area (Å²) in [4.78, 5) is 31.5. The van der Waals surface area contributed by atoms with Crippen molar-refractivity contribution in [3.63, 3.8) is 0 Å². The molecule has 1 aromatic carbocycles. The van der Waals surface area contributed by atoms with Gasteiger partial charge in [-0.2, -0.15) is 0 Å². The molecule has 2 aliphatic rings. The van der Waals surface area contributed by atoms with Gasteiger partial charge in [-0.25, -0.2) is 4.98 Å². The molecule has 0 radical (unpaired) electrons. The van der Waals surface area contributed by atoms with E-state index in [1.165, 1.54) is 0 Å². The lowest BCUT2D eigenvalue weighted by molar-refractivity contribution is -0.158. The number of benzene rings is 1. The molecule has 6 rings (SSSR count). The predicted molar refractivity (Wildman–Crippen MR) is 162 cm³/mol. The van der Waals surface area contributed by atoms with E-state index in [9.17, 15) is 9.59 Å². The fourth-order valence-electron chi connectivity index (χ4n) is 6.56. The number of pyridine rings is 1. The van der Waals surface area contributed by atoms with Gasteiger partial charge >= 0.3 is 5.97 Å². The first-order valence-electron chi connectivity index (χ1n) is 14.6. The third kappa shape index (κ3) is 4.96. The second kappa shape index (κ2) is 10.3. The molecule has 1 N–H and O–H groups in total. The van der Waals surface area contributed by atoms with Crippen LogP contribution in [0.15, 0.2) is 59.9 Å². The Kier molecular flexibility index (Phi) is 6.88. The summed E-state index contributed by atoms with van der Waals surface area (Å²) in [5.41, 5.74) is 4.90. The fraction of sp³-hybridized carbons (Fsp3) is 0.424. The Hall–Kier alpha value is -4.11. The van der Waals surface area contributed by atoms with Gasteiger partial charge in [-0.3, -0.25) is 14.0 Å². The van der Waals surface area contributed by atoms with Gasteiger partial charge in [-0.15, -0.1) is 10.2 Å². The second-order valence-electron chi connectivity index (χ2n) is 13.0. The molecule has 0 spiro atoms. The van der Waals surface area contributed by atoms with Crippen molar-refractivity contribution in [3.8, 4) is 11.1 Å². The zero-order valence-corrected chi connectivity index (χ0v) is 25.1. The van der Waals surface area contributed by atoms with Crippen LogP contribution < -0.4 is 10.9 Å². The second-order valence-corrected chi connectivity index (χ2v) is 13.0. The van der Waals surface area contributed by atoms with Crippen LogP contribution in [-0.4, -0.2) is 48.8 Å². The highest BCUT2D eigenvalue weighted by molar-refractivity contribution is 5.81. The summed E-state index contributed by atoms with van der Waals surface area (Å²) < 4.78 is 9.25. The quantitative estimate of drug-likeness (QED) is 0.356. The Morgan fingerprint density at radius 3 is 2.64 bits per heavy atom. The summed E-state index contributed by atoms with van der Waals surface area (Å²) in [5, 5.41) is 12.0. The minimum atomic E-state index is -0.556. The van der Waals surface area contributed by atoms with E-state index >= 15 is 0 Å². The summed E-state index contributed by atoms with van der Waals surface area (Å²) in [6, 6.07) is 10.2. The Balaban J connectivity index is 1.40. The van der Waals surface area contributed by atoms with Crippen LogP contribution in [0.2, 0.25) is 0 Å². The molecular weight excluding hydrogens is 528 g/mol. The van der Waals surface area contributed by atoms with E-state index in [1.807, 2.05) is 69.8 Å². The maximum Gasteiger partial charge on any atom is 0.314 e. The summed E-state index contributed by atoms with van der Waals surface area (Å²) in [6.07, 6.45) is 9.19. The van der Waals surface area contributed by atoms with Crippen molar-refractivity contribution in [3.05, 3.63) is 88.0 Å². The third-order valence-electron chi connectivity index (χ3n) is 8.41. The van der Waals surface area contributed by atoms with Crippen LogP contribution in [-0.2, 0) is 22.0 Å². The van der Waals surface area contributed by atoms with Crippen molar-refractivity contribution in [2.24, 2.45) is 18.9 Å². The smallest absolute Gasteiger partial charge is 0.314 e. The maximum atomic E-state index is 14.0. The van der Waals surface area contributed by atoms with E-state index in [4.69, 9.17) is 9.72 Å². The van der Waals surface area contributed by atoms with Crippen LogP contribution in [0.1, 0.15) is 63.1 Å². The first-order valence-corrected chi connectivity index (χ1v) is 14.6. The molecule has 1 saturated carbocycles. The first-order chi connectivity index (χ1) is 19.9. The number of aryl methyl sites for hydroxylation is 2. The molecule has 0 bridgehead atoms. The van der Waals surface area contributed by atoms with Gasteiger partial charge in [0.1, 0.15) is 23.4 Å². The van der Waals surface area contributed by atoms with Crippen molar-refractivity contribution in [1.82, 2.24) is 29.5 Å². The lowest BCUT2D eigenvalue weighted by Gasteiger charge is -2.46. The van der Waals surface area contributed by atoms with E-state index in [2.05, 4.69) is 34.6 Å². The van der Waals surface area contributed by atoms with Crippen LogP contribution in [0, 0.1) is 18.8 Å². The monoisotopic (exact) mass is 566 g/mol. The van der Waals surface area contributed by atoms with Crippen LogP contribution in [0.5, 0.6) is 0 Å². The van der Waals surface area contributed by atoms with Crippen LogP contribution >= 0.6 is 0 Å². The van der Waals surface area contributed by atoms with E-state index < -0.39 is 11.5 Å². The molecule has 1 aliphatic carbocycles. The number of ether oxygens (including phenoxy) is 1. The topological polar surface area (TPSA) is 103 Å². The van der Waals surface area contributed by atoms with E-state index in [-0.39, 0.29) is 16.9 Å². The highest BCUT2D eigenvalue weighted by atomic mass is 16.6. The van der Waals surface area contributed by atoms with E-state index in [0.29, 0.717) is 30.2 Å². The molecular formula is C33H38N6O3. The van der Waals surface area contributed by atoms with Crippen molar-refractivity contribution in [2.75, 3.05) is 13.1 Å². The Morgan fingerprint density at radius 2 is 1.95 bits per heavy atom. The number of carbonyl (C=O) groups is 1. The van der Waals surface area contributed by atoms with E-state index in [0.717, 1.165) is 46.5 Å². The number of hydrogen-bond acceptors (Lipinski definition) is 7. The third-order valence-corrected chi connectivity index (χ3v) is 8.41. The lowest BCUT2D eigenvalue weighted by Crippen LogP contribution is -2.43. The van der Waals surface area contributed by atoms with Crippen molar-refractivity contribution < 1.29 is 9.53 Å². The number of hydrogen-bond donors (Lipinski definition) is 1. The summed E-state index contributed by atoms with van der Waals surface area (Å²) in [7, 11) is 1.98. The highest BCUT2D eigenvalue weighted by Gasteiger charge is 2.48. The zero-order valence-electron chi connectivity index (χ0n) is 25.1. The minimum absolute atomic E-state index is 0.134. The molecule has 1 atom stereocenters. The molecule has 9 heteroatoms. The molecule has 1 aliphatic heterocycles. The standard InChI is InChI=1S/C33H38N6O3/c1-20-13-33(14-20,31-37-36-19-38(31)6)26-9-7-8-22(12-26)27-17-35-28-21(2)10-25(18-39(28)29(27)40)23-11-24(16-34-15-23)30(41)42-32(3,4)5/h7-12,17-20,24,34H,13-16H2,1-6H3. The lowest BCUT2D eigenvalue weighted by atomic mass is 9.58. The first kappa shape index (κ1) is 28.0. The largest absolute Gasteiger partial charge is 0.459 e. The SMILES string of the molecule is Cc1cc(C2=CC(C(=O)OC(C)(C)C)CNC2)cn2c(=O)c(-c3cccc(C4(c5nncn5C)CC(C)C4)c3)cnc12. The molecule has 0 saturated heterocycles. The maximum absolute atomic E-state index is 14.0. The number of nitrogens with zero attached hydrogens (tertiary/aromatic N) is 5. The van der Waals surface area contributed by atoms with E-state index in [1.54, 1.807) is 16.9 Å². The Bertz CT molecular complexity index is 1770. The fourth-order valence-corrected chi connectivity index (χ4v) is 6.56. The molecule has 9 nitrogen and oxygen atoms in total. The van der Waals surface area contributed by atoms with Gasteiger partial charge in [0, 0.05) is 32.5 Å². The summed E-state index contributed by atoms with van der Waals surface area (Å²) >= 11 is 0. The predicted octanol–water partition coefficient (Wildman–Crippen LogP) is 4.46. The van der Waals surface area contributed by atoms with Gasteiger partial charge in [-0.1, -0.05) is 31.2 Å². The van der Waals surface area contributed by atoms with Gasteiger partial charge in [0.15, 0.2) is 0 Å². The molecule has 4 heterocycles. The summed E-state index contributed by atoms with van der Waals surface area (Å²) in [6.45, 7) is 10.9. The number of aromatic nitrogens is 5. The molecule has 218 valence electrons. The van der Waals surface area contributed by atoms with Gasteiger partial charge in [0.25, 0.3) is 5.56 Å². The van der Waals surface area contributed by atoms with Crippen LogP contribution in [0.3, 0.4) is 0 Å². The van der Waals surface area contributed by atoms with Gasteiger partial charge < -0.3 is 14.6 Å².